The number of hydrogen-bond acceptors (Lipinski definition) is 5. The van der Waals surface area contributed by atoms with Crippen LogP contribution in [0.4, 0.5) is 10.8 Å². The van der Waals surface area contributed by atoms with Crippen molar-refractivity contribution in [3.8, 4) is 11.1 Å². The molecule has 4 nitrogen and oxygen atoms in total. The lowest BCUT2D eigenvalue weighted by atomic mass is 9.99. The Labute approximate surface area is 123 Å². The second-order valence-corrected chi connectivity index (χ2v) is 6.26. The molecule has 1 aliphatic rings. The minimum atomic E-state index is 0.470. The van der Waals surface area contributed by atoms with Gasteiger partial charge in [-0.25, -0.2) is 0 Å². The summed E-state index contributed by atoms with van der Waals surface area (Å²) in [4.78, 5) is 4.06. The molecule has 0 amide bonds. The number of rotatable bonds is 4. The molecule has 0 radical (unpaired) electrons. The van der Waals surface area contributed by atoms with Crippen LogP contribution in [-0.4, -0.2) is 15.4 Å². The molecule has 1 saturated carbocycles. The maximum absolute atomic E-state index is 6.04. The monoisotopic (exact) mass is 288 g/mol. The highest BCUT2D eigenvalue weighted by Gasteiger charge is 2.23. The van der Waals surface area contributed by atoms with E-state index in [9.17, 15) is 0 Å². The predicted octanol–water partition coefficient (Wildman–Crippen LogP) is 3.78. The van der Waals surface area contributed by atoms with Gasteiger partial charge in [0.05, 0.1) is 5.56 Å². The molecule has 3 rings (SSSR count). The van der Waals surface area contributed by atoms with E-state index in [1.54, 1.807) is 12.4 Å². The molecule has 1 atom stereocenters. The van der Waals surface area contributed by atoms with Crippen molar-refractivity contribution in [3.05, 3.63) is 24.5 Å². The zero-order valence-electron chi connectivity index (χ0n) is 11.7. The lowest BCUT2D eigenvalue weighted by Gasteiger charge is -2.21. The van der Waals surface area contributed by atoms with Gasteiger partial charge in [-0.05, 0) is 54.9 Å². The Morgan fingerprint density at radius 1 is 1.30 bits per heavy atom. The molecule has 0 aromatic carbocycles. The topological polar surface area (TPSA) is 63.8 Å². The fourth-order valence-corrected chi connectivity index (χ4v) is 3.81. The van der Waals surface area contributed by atoms with Crippen LogP contribution in [0.3, 0.4) is 0 Å². The van der Waals surface area contributed by atoms with Gasteiger partial charge in [0.25, 0.3) is 0 Å². The van der Waals surface area contributed by atoms with Crippen LogP contribution in [0, 0.1) is 5.92 Å². The van der Waals surface area contributed by atoms with Crippen molar-refractivity contribution in [1.82, 2.24) is 9.36 Å². The summed E-state index contributed by atoms with van der Waals surface area (Å²) < 4.78 is 4.31. The highest BCUT2D eigenvalue weighted by Crippen LogP contribution is 2.38. The fourth-order valence-electron chi connectivity index (χ4n) is 2.98. The van der Waals surface area contributed by atoms with Crippen LogP contribution >= 0.6 is 11.5 Å². The van der Waals surface area contributed by atoms with Crippen molar-refractivity contribution in [1.29, 1.82) is 0 Å². The smallest absolute Gasteiger partial charge is 0.147 e. The molecular weight excluding hydrogens is 268 g/mol. The molecule has 2 aromatic rings. The Morgan fingerprint density at radius 3 is 2.70 bits per heavy atom. The highest BCUT2D eigenvalue weighted by molar-refractivity contribution is 7.11. The number of nitrogen functional groups attached to an aromatic ring is 1. The standard InChI is InChI=1S/C15H20N4S/c1-10(11-4-2-3-5-11)18-15-13(14(16)19-20-15)12-6-8-17-9-7-12/h6-11,18H,2-5H2,1H3,(H2,16,19). The highest BCUT2D eigenvalue weighted by atomic mass is 32.1. The number of hydrogen-bond donors (Lipinski definition) is 2. The first-order valence-corrected chi connectivity index (χ1v) is 7.95. The Bertz CT molecular complexity index is 561. The quantitative estimate of drug-likeness (QED) is 0.898. The van der Waals surface area contributed by atoms with Crippen LogP contribution < -0.4 is 11.1 Å². The molecule has 0 bridgehead atoms. The molecule has 1 aliphatic carbocycles. The largest absolute Gasteiger partial charge is 0.382 e. The van der Waals surface area contributed by atoms with Gasteiger partial charge in [-0.1, -0.05) is 12.8 Å². The molecule has 106 valence electrons. The van der Waals surface area contributed by atoms with Crippen LogP contribution in [0.25, 0.3) is 11.1 Å². The van der Waals surface area contributed by atoms with Crippen molar-refractivity contribution in [2.45, 2.75) is 38.6 Å². The first kappa shape index (κ1) is 13.4. The first-order valence-electron chi connectivity index (χ1n) is 7.18. The summed E-state index contributed by atoms with van der Waals surface area (Å²) in [5, 5.41) is 4.70. The third-order valence-electron chi connectivity index (χ3n) is 4.15. The summed E-state index contributed by atoms with van der Waals surface area (Å²) in [5.41, 5.74) is 8.13. The Hall–Kier alpha value is -1.62. The van der Waals surface area contributed by atoms with Gasteiger partial charge in [-0.15, -0.1) is 0 Å². The van der Waals surface area contributed by atoms with Crippen molar-refractivity contribution >= 4 is 22.4 Å². The third-order valence-corrected chi connectivity index (χ3v) is 4.95. The van der Waals surface area contributed by atoms with E-state index in [0.717, 1.165) is 22.0 Å². The number of nitrogens with zero attached hydrogens (tertiary/aromatic N) is 2. The van der Waals surface area contributed by atoms with Gasteiger partial charge in [0.2, 0.25) is 0 Å². The molecule has 2 heterocycles. The molecule has 2 aromatic heterocycles. The zero-order chi connectivity index (χ0) is 13.9. The molecule has 3 N–H and O–H groups in total. The van der Waals surface area contributed by atoms with Crippen molar-refractivity contribution in [3.63, 3.8) is 0 Å². The minimum absolute atomic E-state index is 0.470. The summed E-state index contributed by atoms with van der Waals surface area (Å²) in [6, 6.07) is 4.43. The van der Waals surface area contributed by atoms with Gasteiger partial charge < -0.3 is 11.1 Å². The van der Waals surface area contributed by atoms with Gasteiger partial charge >= 0.3 is 0 Å². The maximum atomic E-state index is 6.04. The first-order chi connectivity index (χ1) is 9.75. The summed E-state index contributed by atoms with van der Waals surface area (Å²) in [6.45, 7) is 2.27. The molecule has 0 spiro atoms. The summed E-state index contributed by atoms with van der Waals surface area (Å²) >= 11 is 1.45. The Morgan fingerprint density at radius 2 is 2.00 bits per heavy atom. The van der Waals surface area contributed by atoms with Crippen LogP contribution in [-0.2, 0) is 0 Å². The van der Waals surface area contributed by atoms with E-state index >= 15 is 0 Å². The van der Waals surface area contributed by atoms with Crippen LogP contribution in [0.5, 0.6) is 0 Å². The van der Waals surface area contributed by atoms with Crippen LogP contribution in [0.15, 0.2) is 24.5 Å². The molecule has 20 heavy (non-hydrogen) atoms. The lowest BCUT2D eigenvalue weighted by Crippen LogP contribution is -2.23. The van der Waals surface area contributed by atoms with E-state index in [1.165, 1.54) is 37.2 Å². The number of anilines is 2. The number of aromatic nitrogens is 2. The van der Waals surface area contributed by atoms with Gasteiger partial charge in [0, 0.05) is 18.4 Å². The van der Waals surface area contributed by atoms with Gasteiger partial charge in [0.15, 0.2) is 0 Å². The van der Waals surface area contributed by atoms with E-state index < -0.39 is 0 Å². The van der Waals surface area contributed by atoms with Crippen LogP contribution in [0.2, 0.25) is 0 Å². The second-order valence-electron chi connectivity index (χ2n) is 5.49. The van der Waals surface area contributed by atoms with E-state index in [4.69, 9.17) is 5.73 Å². The van der Waals surface area contributed by atoms with Crippen molar-refractivity contribution < 1.29 is 0 Å². The van der Waals surface area contributed by atoms with Gasteiger partial charge in [-0.2, -0.15) is 4.37 Å². The number of pyridine rings is 1. The number of nitrogens with two attached hydrogens (primary N) is 1. The lowest BCUT2D eigenvalue weighted by molar-refractivity contribution is 0.483. The normalized spacial score (nSPS) is 17.2. The molecule has 0 saturated heterocycles. The fraction of sp³-hybridized carbons (Fsp3) is 0.467. The maximum Gasteiger partial charge on any atom is 0.147 e. The minimum Gasteiger partial charge on any atom is -0.382 e. The molecule has 5 heteroatoms. The van der Waals surface area contributed by atoms with E-state index in [-0.39, 0.29) is 0 Å². The van der Waals surface area contributed by atoms with Crippen molar-refractivity contribution in [2.24, 2.45) is 5.92 Å². The van der Waals surface area contributed by atoms with E-state index in [2.05, 4.69) is 21.6 Å². The SMILES string of the molecule is CC(Nc1snc(N)c1-c1ccncc1)C1CCCC1. The van der Waals surface area contributed by atoms with E-state index in [1.807, 2.05) is 12.1 Å². The average Bonchev–Trinajstić information content (AvgIpc) is 3.10. The summed E-state index contributed by atoms with van der Waals surface area (Å²) in [5.74, 6) is 1.37. The second kappa shape index (κ2) is 5.79. The summed E-state index contributed by atoms with van der Waals surface area (Å²) in [7, 11) is 0. The van der Waals surface area contributed by atoms with Gasteiger partial charge in [0.1, 0.15) is 10.8 Å². The predicted molar refractivity (Wildman–Crippen MR) is 84.8 cm³/mol. The zero-order valence-corrected chi connectivity index (χ0v) is 12.5. The molecular formula is C15H20N4S. The summed E-state index contributed by atoms with van der Waals surface area (Å²) in [6.07, 6.45) is 8.95. The average molecular weight is 288 g/mol. The molecule has 1 fully saturated rings. The molecule has 0 aliphatic heterocycles. The van der Waals surface area contributed by atoms with E-state index in [0.29, 0.717) is 11.9 Å². The Balaban J connectivity index is 1.84. The Kier molecular flexibility index (Phi) is 3.87. The van der Waals surface area contributed by atoms with Crippen LogP contribution in [0.1, 0.15) is 32.6 Å². The van der Waals surface area contributed by atoms with Crippen molar-refractivity contribution in [2.75, 3.05) is 11.1 Å². The molecule has 1 unspecified atom stereocenters. The third kappa shape index (κ3) is 2.63. The van der Waals surface area contributed by atoms with Gasteiger partial charge in [-0.3, -0.25) is 4.98 Å². The number of nitrogens with one attached hydrogen (secondary N) is 1.